The maximum atomic E-state index is 12.6. The number of ether oxygens (including phenoxy) is 1. The molecule has 8 heteroatoms. The zero-order chi connectivity index (χ0) is 21.8. The first-order valence-electron chi connectivity index (χ1n) is 10.7. The second-order valence-electron chi connectivity index (χ2n) is 8.04. The molecule has 5 nitrogen and oxygen atoms in total. The lowest BCUT2D eigenvalue weighted by molar-refractivity contribution is 0.0887. The molecule has 31 heavy (non-hydrogen) atoms. The lowest BCUT2D eigenvalue weighted by atomic mass is 10.1. The molecule has 2 heterocycles. The van der Waals surface area contributed by atoms with Crippen molar-refractivity contribution < 1.29 is 9.53 Å². The van der Waals surface area contributed by atoms with Crippen molar-refractivity contribution in [3.05, 3.63) is 62.0 Å². The summed E-state index contributed by atoms with van der Waals surface area (Å²) in [6.45, 7) is 3.77. The van der Waals surface area contributed by atoms with Crippen molar-refractivity contribution >= 4 is 45.0 Å². The first-order chi connectivity index (χ1) is 15.0. The Balaban J connectivity index is 1.31. The third-order valence-electron chi connectivity index (χ3n) is 5.84. The molecule has 2 atom stereocenters. The number of amides is 1. The van der Waals surface area contributed by atoms with Crippen LogP contribution >= 0.6 is 39.1 Å². The highest BCUT2D eigenvalue weighted by Crippen LogP contribution is 2.28. The molecular formula is C23H26BrCl2N3O2. The summed E-state index contributed by atoms with van der Waals surface area (Å²) in [5, 5.41) is 7.30. The second-order valence-corrected chi connectivity index (χ2v) is 9.71. The zero-order valence-electron chi connectivity index (χ0n) is 17.2. The van der Waals surface area contributed by atoms with Crippen LogP contribution in [0, 0.1) is 0 Å². The minimum Gasteiger partial charge on any atom is -0.488 e. The molecule has 2 aliphatic rings. The fourth-order valence-corrected chi connectivity index (χ4v) is 4.92. The van der Waals surface area contributed by atoms with Crippen molar-refractivity contribution in [3.63, 3.8) is 0 Å². The molecule has 2 aromatic carbocycles. The summed E-state index contributed by atoms with van der Waals surface area (Å²) in [6, 6.07) is 11.3. The highest BCUT2D eigenvalue weighted by atomic mass is 79.9. The van der Waals surface area contributed by atoms with E-state index in [-0.39, 0.29) is 18.2 Å². The van der Waals surface area contributed by atoms with E-state index in [0.717, 1.165) is 62.1 Å². The number of nitrogens with zero attached hydrogens (tertiary/aromatic N) is 1. The van der Waals surface area contributed by atoms with Gasteiger partial charge in [-0.05, 0) is 84.1 Å². The molecule has 166 valence electrons. The molecule has 2 fully saturated rings. The molecule has 2 aromatic rings. The van der Waals surface area contributed by atoms with E-state index < -0.39 is 0 Å². The fourth-order valence-electron chi connectivity index (χ4n) is 4.11. The van der Waals surface area contributed by atoms with E-state index in [1.807, 2.05) is 6.07 Å². The van der Waals surface area contributed by atoms with Crippen LogP contribution in [0.1, 0.15) is 35.2 Å². The van der Waals surface area contributed by atoms with Gasteiger partial charge in [0.05, 0.1) is 20.7 Å². The zero-order valence-corrected chi connectivity index (χ0v) is 20.3. The third kappa shape index (κ3) is 5.93. The van der Waals surface area contributed by atoms with Gasteiger partial charge in [-0.25, -0.2) is 0 Å². The molecule has 0 spiro atoms. The van der Waals surface area contributed by atoms with Crippen LogP contribution in [0.2, 0.25) is 10.0 Å². The highest BCUT2D eigenvalue weighted by molar-refractivity contribution is 9.10. The van der Waals surface area contributed by atoms with Gasteiger partial charge in [0.25, 0.3) is 5.91 Å². The Hall–Kier alpha value is -1.31. The second kappa shape index (κ2) is 10.5. The van der Waals surface area contributed by atoms with Crippen molar-refractivity contribution in [2.45, 2.75) is 38.0 Å². The largest absolute Gasteiger partial charge is 0.488 e. The first kappa shape index (κ1) is 22.9. The lowest BCUT2D eigenvalue weighted by Crippen LogP contribution is -2.45. The summed E-state index contributed by atoms with van der Waals surface area (Å²) < 4.78 is 7.06. The van der Waals surface area contributed by atoms with E-state index in [0.29, 0.717) is 15.6 Å². The van der Waals surface area contributed by atoms with Crippen LogP contribution in [0.25, 0.3) is 0 Å². The smallest absolute Gasteiger partial charge is 0.252 e. The average Bonchev–Trinajstić information content (AvgIpc) is 3.42. The first-order valence-corrected chi connectivity index (χ1v) is 12.2. The number of likely N-dealkylation sites (tertiary alicyclic amines) is 1. The number of rotatable bonds is 7. The number of halogens is 3. The Morgan fingerprint density at radius 2 is 2.06 bits per heavy atom. The quantitative estimate of drug-likeness (QED) is 0.539. The Kier molecular flexibility index (Phi) is 7.77. The van der Waals surface area contributed by atoms with Gasteiger partial charge in [-0.3, -0.25) is 9.69 Å². The molecular weight excluding hydrogens is 501 g/mol. The van der Waals surface area contributed by atoms with E-state index in [1.165, 1.54) is 5.56 Å². The maximum Gasteiger partial charge on any atom is 0.252 e. The molecule has 1 amide bonds. The molecule has 0 bridgehead atoms. The number of carbonyl (C=O) groups is 1. The summed E-state index contributed by atoms with van der Waals surface area (Å²) in [6.07, 6.45) is 4.23. The maximum absolute atomic E-state index is 12.6. The predicted molar refractivity (Wildman–Crippen MR) is 128 cm³/mol. The van der Waals surface area contributed by atoms with Gasteiger partial charge >= 0.3 is 0 Å². The predicted octanol–water partition coefficient (Wildman–Crippen LogP) is 4.89. The normalized spacial score (nSPS) is 21.4. The van der Waals surface area contributed by atoms with Crippen molar-refractivity contribution in [3.8, 4) is 5.75 Å². The Morgan fingerprint density at radius 1 is 1.19 bits per heavy atom. The molecule has 0 saturated carbocycles. The summed E-state index contributed by atoms with van der Waals surface area (Å²) in [5.74, 6) is 0.770. The van der Waals surface area contributed by atoms with Crippen molar-refractivity contribution in [1.82, 2.24) is 15.5 Å². The summed E-state index contributed by atoms with van der Waals surface area (Å²) >= 11 is 15.7. The molecule has 0 aromatic heterocycles. The Labute approximate surface area is 201 Å². The van der Waals surface area contributed by atoms with Crippen LogP contribution in [0.15, 0.2) is 40.9 Å². The van der Waals surface area contributed by atoms with Gasteiger partial charge in [0.2, 0.25) is 0 Å². The van der Waals surface area contributed by atoms with Gasteiger partial charge in [-0.1, -0.05) is 29.3 Å². The minimum atomic E-state index is -0.124. The number of hydrogen-bond donors (Lipinski definition) is 2. The van der Waals surface area contributed by atoms with Crippen LogP contribution < -0.4 is 15.4 Å². The topological polar surface area (TPSA) is 53.6 Å². The van der Waals surface area contributed by atoms with Gasteiger partial charge in [0.15, 0.2) is 0 Å². The number of carbonyl (C=O) groups excluding carboxylic acids is 1. The highest BCUT2D eigenvalue weighted by Gasteiger charge is 2.26. The van der Waals surface area contributed by atoms with E-state index in [4.69, 9.17) is 27.9 Å². The van der Waals surface area contributed by atoms with Crippen molar-refractivity contribution in [2.24, 2.45) is 0 Å². The van der Waals surface area contributed by atoms with Gasteiger partial charge in [0.1, 0.15) is 11.9 Å². The molecule has 4 rings (SSSR count). The molecule has 0 aliphatic carbocycles. The Morgan fingerprint density at radius 3 is 2.81 bits per heavy atom. The summed E-state index contributed by atoms with van der Waals surface area (Å²) in [5.41, 5.74) is 1.77. The average molecular weight is 527 g/mol. The monoisotopic (exact) mass is 525 g/mol. The van der Waals surface area contributed by atoms with E-state index >= 15 is 0 Å². The standard InChI is InChI=1S/C23H26BrCl2N3O2/c24-18-12-15(3-6-21(18)31-17-7-9-27-14-17)8-11-29-10-1-2-22(29)28-23(30)16-4-5-19(25)20(26)13-16/h3-6,12-13,17,22,27H,1-2,7-11,14H2,(H,28,30)/t17-,22+/m1/s1. The van der Waals surface area contributed by atoms with Gasteiger partial charge in [-0.2, -0.15) is 0 Å². The van der Waals surface area contributed by atoms with Crippen molar-refractivity contribution in [2.75, 3.05) is 26.2 Å². The third-order valence-corrected chi connectivity index (χ3v) is 7.19. The van der Waals surface area contributed by atoms with E-state index in [9.17, 15) is 4.79 Å². The number of nitrogens with one attached hydrogen (secondary N) is 2. The molecule has 2 saturated heterocycles. The van der Waals surface area contributed by atoms with Gasteiger partial charge in [-0.15, -0.1) is 0 Å². The van der Waals surface area contributed by atoms with E-state index in [1.54, 1.807) is 18.2 Å². The molecule has 2 N–H and O–H groups in total. The number of benzene rings is 2. The minimum absolute atomic E-state index is 0.0304. The summed E-state index contributed by atoms with van der Waals surface area (Å²) in [7, 11) is 0. The molecule has 0 radical (unpaired) electrons. The van der Waals surface area contributed by atoms with Crippen LogP contribution in [0.4, 0.5) is 0 Å². The molecule has 0 unspecified atom stereocenters. The molecule has 2 aliphatic heterocycles. The number of hydrogen-bond acceptors (Lipinski definition) is 4. The van der Waals surface area contributed by atoms with Crippen molar-refractivity contribution in [1.29, 1.82) is 0 Å². The summed E-state index contributed by atoms with van der Waals surface area (Å²) in [4.78, 5) is 15.0. The van der Waals surface area contributed by atoms with Crippen LogP contribution in [0.3, 0.4) is 0 Å². The van der Waals surface area contributed by atoms with Crippen LogP contribution in [-0.2, 0) is 6.42 Å². The lowest BCUT2D eigenvalue weighted by Gasteiger charge is -2.25. The van der Waals surface area contributed by atoms with Crippen LogP contribution in [-0.4, -0.2) is 49.3 Å². The SMILES string of the molecule is O=C(N[C@@H]1CCCN1CCc1ccc(O[C@@H]2CCNC2)c(Br)c1)c1ccc(Cl)c(Cl)c1. The van der Waals surface area contributed by atoms with Gasteiger partial charge in [0, 0.05) is 25.2 Å². The fraction of sp³-hybridized carbons (Fsp3) is 0.435. The van der Waals surface area contributed by atoms with Crippen LogP contribution in [0.5, 0.6) is 5.75 Å². The van der Waals surface area contributed by atoms with E-state index in [2.05, 4.69) is 43.6 Å². The van der Waals surface area contributed by atoms with Gasteiger partial charge < -0.3 is 15.4 Å². The Bertz CT molecular complexity index is 937.